The number of rotatable bonds is 2. The lowest BCUT2D eigenvalue weighted by atomic mass is 9.52. The van der Waals surface area contributed by atoms with E-state index in [1.165, 1.54) is 13.8 Å². The molecule has 2 saturated carbocycles. The Morgan fingerprint density at radius 2 is 1.75 bits per heavy atom. The Kier molecular flexibility index (Phi) is 4.67. The Morgan fingerprint density at radius 1 is 1.00 bits per heavy atom. The van der Waals surface area contributed by atoms with E-state index >= 15 is 0 Å². The summed E-state index contributed by atoms with van der Waals surface area (Å²) in [5.74, 6) is -0.714. The number of esters is 2. The van der Waals surface area contributed by atoms with Crippen LogP contribution in [0.25, 0.3) is 0 Å². The van der Waals surface area contributed by atoms with E-state index in [-0.39, 0.29) is 35.5 Å². The predicted octanol–water partition coefficient (Wildman–Crippen LogP) is 3.59. The van der Waals surface area contributed by atoms with Crippen molar-refractivity contribution in [3.63, 3.8) is 0 Å². The third-order valence-electron chi connectivity index (χ3n) is 6.54. The molecule has 6 atom stereocenters. The molecule has 3 rings (SSSR count). The van der Waals surface area contributed by atoms with Gasteiger partial charge in [0.2, 0.25) is 5.79 Å². The summed E-state index contributed by atoms with van der Waals surface area (Å²) in [7, 11) is 0. The van der Waals surface area contributed by atoms with Gasteiger partial charge in [0, 0.05) is 31.6 Å². The van der Waals surface area contributed by atoms with E-state index in [0.29, 0.717) is 12.3 Å². The van der Waals surface area contributed by atoms with Crippen LogP contribution in [0.15, 0.2) is 0 Å². The van der Waals surface area contributed by atoms with E-state index in [1.54, 1.807) is 0 Å². The van der Waals surface area contributed by atoms with E-state index in [4.69, 9.17) is 14.2 Å². The molecule has 24 heavy (non-hydrogen) atoms. The van der Waals surface area contributed by atoms with Gasteiger partial charge in [0.15, 0.2) is 0 Å². The van der Waals surface area contributed by atoms with Gasteiger partial charge in [-0.3, -0.25) is 9.59 Å². The molecule has 2 aliphatic carbocycles. The summed E-state index contributed by atoms with van der Waals surface area (Å²) in [6.07, 6.45) is 6.65. The molecule has 0 aromatic rings. The molecule has 3 aliphatic rings. The van der Waals surface area contributed by atoms with Gasteiger partial charge in [0.1, 0.15) is 6.10 Å². The molecule has 1 aliphatic heterocycles. The number of fused-ring (bicyclic) bond motifs is 3. The lowest BCUT2D eigenvalue weighted by Gasteiger charge is -2.60. The van der Waals surface area contributed by atoms with E-state index < -0.39 is 5.79 Å². The summed E-state index contributed by atoms with van der Waals surface area (Å²) in [6.45, 7) is 7.26. The number of ether oxygens (including phenoxy) is 3. The summed E-state index contributed by atoms with van der Waals surface area (Å²) in [5, 5.41) is 0. The molecule has 0 N–H and O–H groups in total. The maximum atomic E-state index is 11.7. The molecule has 136 valence electrons. The fourth-order valence-electron chi connectivity index (χ4n) is 5.53. The molecular formula is C19H30O5. The minimum Gasteiger partial charge on any atom is -0.462 e. The predicted molar refractivity (Wildman–Crippen MR) is 88.0 cm³/mol. The Bertz CT molecular complexity index is 518. The van der Waals surface area contributed by atoms with Crippen LogP contribution in [0.5, 0.6) is 0 Å². The highest BCUT2D eigenvalue weighted by molar-refractivity contribution is 5.66. The standard InChI is InChI=1S/C19H30O5/c1-12-8-9-16-15-6-5-7-17(22-13(2)20)18(15,4)10-11-19(16,23-12)24-14(3)21/h12,15-17H,5-11H2,1-4H3. The van der Waals surface area contributed by atoms with Crippen LogP contribution in [0.3, 0.4) is 0 Å². The van der Waals surface area contributed by atoms with Crippen molar-refractivity contribution in [3.8, 4) is 0 Å². The largest absolute Gasteiger partial charge is 0.462 e. The Morgan fingerprint density at radius 3 is 2.42 bits per heavy atom. The second-order valence-corrected chi connectivity index (χ2v) is 8.16. The lowest BCUT2D eigenvalue weighted by molar-refractivity contribution is -0.329. The van der Waals surface area contributed by atoms with Crippen LogP contribution in [-0.4, -0.2) is 29.9 Å². The minimum atomic E-state index is -0.786. The summed E-state index contributed by atoms with van der Waals surface area (Å²) in [5.41, 5.74) is -0.0534. The summed E-state index contributed by atoms with van der Waals surface area (Å²) in [4.78, 5) is 23.3. The highest BCUT2D eigenvalue weighted by Crippen LogP contribution is 2.60. The van der Waals surface area contributed by atoms with E-state index in [0.717, 1.165) is 38.5 Å². The van der Waals surface area contributed by atoms with Gasteiger partial charge in [-0.25, -0.2) is 0 Å². The fourth-order valence-corrected chi connectivity index (χ4v) is 5.53. The Balaban J connectivity index is 1.91. The molecule has 0 aromatic carbocycles. The first-order valence-corrected chi connectivity index (χ1v) is 9.31. The smallest absolute Gasteiger partial charge is 0.305 e. The summed E-state index contributed by atoms with van der Waals surface area (Å²) in [6, 6.07) is 0. The number of carbonyl (C=O) groups excluding carboxylic acids is 2. The molecule has 6 unspecified atom stereocenters. The van der Waals surface area contributed by atoms with Crippen LogP contribution in [0.4, 0.5) is 0 Å². The van der Waals surface area contributed by atoms with Crippen LogP contribution in [-0.2, 0) is 23.8 Å². The Labute approximate surface area is 144 Å². The van der Waals surface area contributed by atoms with Crippen molar-refractivity contribution >= 4 is 11.9 Å². The van der Waals surface area contributed by atoms with Crippen LogP contribution >= 0.6 is 0 Å². The molecule has 0 radical (unpaired) electrons. The zero-order valence-electron chi connectivity index (χ0n) is 15.3. The average molecular weight is 338 g/mol. The first kappa shape index (κ1) is 17.7. The van der Waals surface area contributed by atoms with Gasteiger partial charge >= 0.3 is 11.9 Å². The molecule has 1 heterocycles. The maximum Gasteiger partial charge on any atom is 0.305 e. The van der Waals surface area contributed by atoms with Crippen molar-refractivity contribution in [1.82, 2.24) is 0 Å². The molecule has 1 saturated heterocycles. The van der Waals surface area contributed by atoms with E-state index in [2.05, 4.69) is 13.8 Å². The Hall–Kier alpha value is -1.10. The number of hydrogen-bond acceptors (Lipinski definition) is 5. The van der Waals surface area contributed by atoms with Gasteiger partial charge in [-0.1, -0.05) is 6.92 Å². The van der Waals surface area contributed by atoms with Crippen LogP contribution in [0.1, 0.15) is 72.6 Å². The first-order chi connectivity index (χ1) is 11.3. The molecule has 0 bridgehead atoms. The van der Waals surface area contributed by atoms with Crippen molar-refractivity contribution in [2.45, 2.75) is 90.6 Å². The first-order valence-electron chi connectivity index (χ1n) is 9.31. The highest BCUT2D eigenvalue weighted by atomic mass is 16.7. The monoisotopic (exact) mass is 338 g/mol. The summed E-state index contributed by atoms with van der Waals surface area (Å²) >= 11 is 0. The van der Waals surface area contributed by atoms with Crippen molar-refractivity contribution in [1.29, 1.82) is 0 Å². The normalized spacial score (nSPS) is 44.8. The summed E-state index contributed by atoms with van der Waals surface area (Å²) < 4.78 is 17.7. The van der Waals surface area contributed by atoms with Gasteiger partial charge in [-0.2, -0.15) is 0 Å². The molecule has 3 fully saturated rings. The van der Waals surface area contributed by atoms with Crippen LogP contribution in [0, 0.1) is 17.3 Å². The van der Waals surface area contributed by atoms with Gasteiger partial charge < -0.3 is 14.2 Å². The third kappa shape index (κ3) is 2.96. The molecule has 0 amide bonds. The van der Waals surface area contributed by atoms with Crippen LogP contribution in [0.2, 0.25) is 0 Å². The van der Waals surface area contributed by atoms with Gasteiger partial charge in [0.25, 0.3) is 0 Å². The lowest BCUT2D eigenvalue weighted by Crippen LogP contribution is -2.62. The zero-order chi connectivity index (χ0) is 17.5. The average Bonchev–Trinajstić information content (AvgIpc) is 2.47. The second kappa shape index (κ2) is 6.32. The van der Waals surface area contributed by atoms with Crippen molar-refractivity contribution in [2.75, 3.05) is 0 Å². The fraction of sp³-hybridized carbons (Fsp3) is 0.895. The highest BCUT2D eigenvalue weighted by Gasteiger charge is 2.61. The van der Waals surface area contributed by atoms with E-state index in [9.17, 15) is 9.59 Å². The maximum absolute atomic E-state index is 11.7. The minimum absolute atomic E-state index is 0.0385. The molecule has 5 heteroatoms. The molecule has 0 spiro atoms. The zero-order valence-corrected chi connectivity index (χ0v) is 15.3. The molecule has 5 nitrogen and oxygen atoms in total. The third-order valence-corrected chi connectivity index (χ3v) is 6.54. The molecular weight excluding hydrogens is 308 g/mol. The van der Waals surface area contributed by atoms with Crippen molar-refractivity contribution < 1.29 is 23.8 Å². The van der Waals surface area contributed by atoms with Crippen molar-refractivity contribution in [3.05, 3.63) is 0 Å². The number of hydrogen-bond donors (Lipinski definition) is 0. The quantitative estimate of drug-likeness (QED) is 0.720. The van der Waals surface area contributed by atoms with Gasteiger partial charge in [-0.15, -0.1) is 0 Å². The van der Waals surface area contributed by atoms with Gasteiger partial charge in [0.05, 0.1) is 6.10 Å². The van der Waals surface area contributed by atoms with Gasteiger partial charge in [-0.05, 0) is 51.4 Å². The molecule has 0 aromatic heterocycles. The SMILES string of the molecule is CC(=O)OC1CCCC2C3CCC(C)OC3(OC(C)=O)CCC12C. The van der Waals surface area contributed by atoms with Crippen molar-refractivity contribution in [2.24, 2.45) is 17.3 Å². The van der Waals surface area contributed by atoms with Crippen LogP contribution < -0.4 is 0 Å². The number of carbonyl (C=O) groups is 2. The van der Waals surface area contributed by atoms with E-state index in [1.807, 2.05) is 0 Å². The second-order valence-electron chi connectivity index (χ2n) is 8.16. The topological polar surface area (TPSA) is 61.8 Å².